The molecule has 2 aliphatic carbocycles. The van der Waals surface area contributed by atoms with Crippen molar-refractivity contribution < 1.29 is 45.4 Å². The molecule has 3 aliphatic rings. The number of nitrogens with one attached hydrogen (secondary N) is 3. The van der Waals surface area contributed by atoms with Gasteiger partial charge in [-0.25, -0.2) is 18.4 Å². The quantitative estimate of drug-likeness (QED) is 0.115. The summed E-state index contributed by atoms with van der Waals surface area (Å²) in [4.78, 5) is 54.4. The fourth-order valence-electron chi connectivity index (χ4n) is 8.09. The van der Waals surface area contributed by atoms with E-state index in [1.54, 1.807) is 40.0 Å². The Kier molecular flexibility index (Phi) is 12.1. The topological polar surface area (TPSA) is 169 Å². The van der Waals surface area contributed by atoms with Crippen molar-refractivity contribution in [2.24, 2.45) is 11.3 Å². The molecular weight excluding hydrogens is 846 g/mol. The number of benzene rings is 2. The van der Waals surface area contributed by atoms with E-state index in [4.69, 9.17) is 19.4 Å². The first-order valence-corrected chi connectivity index (χ1v) is 23.2. The van der Waals surface area contributed by atoms with Gasteiger partial charge in [0.1, 0.15) is 45.9 Å². The first kappa shape index (κ1) is 45.1. The summed E-state index contributed by atoms with van der Waals surface area (Å²) in [5, 5.41) is 8.51. The van der Waals surface area contributed by atoms with Gasteiger partial charge in [-0.15, -0.1) is 11.3 Å². The van der Waals surface area contributed by atoms with Crippen molar-refractivity contribution in [2.45, 2.75) is 122 Å². The van der Waals surface area contributed by atoms with Crippen molar-refractivity contribution in [2.75, 3.05) is 19.0 Å². The molecule has 1 aliphatic heterocycles. The number of aryl methyl sites for hydroxylation is 1. The lowest BCUT2D eigenvalue weighted by Crippen LogP contribution is -2.58. The molecule has 4 aromatic rings. The molecule has 1 saturated heterocycles. The fraction of sp³-hybridized carbons (Fsp3) is 0.523. The lowest BCUT2D eigenvalue weighted by molar-refractivity contribution is -0.141. The number of methoxy groups -OCH3 is 1. The lowest BCUT2D eigenvalue weighted by atomic mass is 9.85. The number of carbonyl (C=O) groups is 3. The second-order valence-corrected chi connectivity index (χ2v) is 20.8. The number of likely N-dealkylation sites (tertiary alicyclic amines) is 1. The van der Waals surface area contributed by atoms with Gasteiger partial charge in [0.2, 0.25) is 21.8 Å². The Morgan fingerprint density at radius 2 is 1.77 bits per heavy atom. The molecule has 3 N–H and O–H groups in total. The summed E-state index contributed by atoms with van der Waals surface area (Å²) < 4.78 is 81.6. The molecule has 13 nitrogen and oxygen atoms in total. The Hall–Kier alpha value is -4.97. The average Bonchev–Trinajstić information content (AvgIpc) is 4.09. The van der Waals surface area contributed by atoms with Crippen LogP contribution >= 0.6 is 11.3 Å². The lowest BCUT2D eigenvalue weighted by Gasteiger charge is -2.36. The maximum absolute atomic E-state index is 14.9. The predicted octanol–water partition coefficient (Wildman–Crippen LogP) is 7.59. The number of alkyl halides is 3. The minimum absolute atomic E-state index is 0.0319. The number of aromatic nitrogens is 2. The molecule has 3 heterocycles. The van der Waals surface area contributed by atoms with Gasteiger partial charge in [0.15, 0.2) is 0 Å². The number of hydrogen-bond donors (Lipinski definition) is 3. The number of carbonyl (C=O) groups excluding carboxylic acids is 3. The number of hydrogen-bond acceptors (Lipinski definition) is 11. The van der Waals surface area contributed by atoms with Gasteiger partial charge in [0, 0.05) is 34.5 Å². The highest BCUT2D eigenvalue weighted by Crippen LogP contribution is 2.47. The van der Waals surface area contributed by atoms with Gasteiger partial charge < -0.3 is 25.0 Å². The van der Waals surface area contributed by atoms with Crippen LogP contribution in [0.15, 0.2) is 47.8 Å². The Bertz CT molecular complexity index is 2500. The zero-order valence-corrected chi connectivity index (χ0v) is 37.6. The van der Waals surface area contributed by atoms with E-state index in [1.165, 1.54) is 28.4 Å². The SMILES string of the molecule is CC[C@@H]1C[C@]1(NC(=O)[C@@H]1CC(Oc2cc(-c3nc(C(C)C)cs3)nc3c(C)c(OC)ccc23)CN1C(=O)[C@@H](Nc1cccc(C(F)(F)F)c1)C(C)(C)C)C(=O)NS(=O)(=O)C1CC1. The summed E-state index contributed by atoms with van der Waals surface area (Å²) in [5.74, 6) is -1.24. The van der Waals surface area contributed by atoms with Gasteiger partial charge in [0.05, 0.1) is 35.7 Å². The predicted molar refractivity (Wildman–Crippen MR) is 230 cm³/mol. The van der Waals surface area contributed by atoms with E-state index in [2.05, 4.69) is 15.4 Å². The summed E-state index contributed by atoms with van der Waals surface area (Å²) in [5.41, 5.74) is -0.432. The van der Waals surface area contributed by atoms with E-state index in [0.29, 0.717) is 52.4 Å². The van der Waals surface area contributed by atoms with Crippen molar-refractivity contribution in [3.63, 3.8) is 0 Å². The maximum atomic E-state index is 14.9. The molecule has 62 heavy (non-hydrogen) atoms. The van der Waals surface area contributed by atoms with Gasteiger partial charge in [-0.1, -0.05) is 54.0 Å². The summed E-state index contributed by atoms with van der Waals surface area (Å²) in [6.07, 6.45) is -3.90. The maximum Gasteiger partial charge on any atom is 0.416 e. The van der Waals surface area contributed by atoms with Crippen molar-refractivity contribution in [3.05, 3.63) is 64.7 Å². The third-order valence-corrected chi connectivity index (χ3v) is 14.7. The number of amides is 3. The van der Waals surface area contributed by atoms with Crippen LogP contribution in [0.3, 0.4) is 0 Å². The van der Waals surface area contributed by atoms with E-state index < -0.39 is 73.9 Å². The Morgan fingerprint density at radius 1 is 1.05 bits per heavy atom. The number of anilines is 1. The zero-order valence-electron chi connectivity index (χ0n) is 36.0. The molecule has 334 valence electrons. The van der Waals surface area contributed by atoms with Gasteiger partial charge >= 0.3 is 6.18 Å². The number of ether oxygens (including phenoxy) is 2. The largest absolute Gasteiger partial charge is 0.496 e. The number of sulfonamides is 1. The number of fused-ring (bicyclic) bond motifs is 1. The number of pyridine rings is 1. The molecule has 3 fully saturated rings. The molecule has 0 spiro atoms. The van der Waals surface area contributed by atoms with Gasteiger partial charge in [0.25, 0.3) is 5.91 Å². The number of thiazole rings is 1. The molecule has 3 amide bonds. The average molecular weight is 899 g/mol. The van der Waals surface area contributed by atoms with E-state index in [9.17, 15) is 36.0 Å². The van der Waals surface area contributed by atoms with Crippen LogP contribution in [-0.2, 0) is 30.6 Å². The van der Waals surface area contributed by atoms with Crippen molar-refractivity contribution in [1.29, 1.82) is 0 Å². The fourth-order valence-corrected chi connectivity index (χ4v) is 10.4. The minimum atomic E-state index is -4.63. The second-order valence-electron chi connectivity index (χ2n) is 18.0. The third-order valence-electron chi connectivity index (χ3n) is 12.0. The van der Waals surface area contributed by atoms with E-state index in [1.807, 2.05) is 39.1 Å². The Morgan fingerprint density at radius 3 is 2.37 bits per heavy atom. The van der Waals surface area contributed by atoms with Crippen LogP contribution in [0.4, 0.5) is 18.9 Å². The van der Waals surface area contributed by atoms with Crippen LogP contribution in [0.2, 0.25) is 0 Å². The van der Waals surface area contributed by atoms with Crippen molar-refractivity contribution >= 4 is 55.7 Å². The van der Waals surface area contributed by atoms with Crippen molar-refractivity contribution in [3.8, 4) is 22.2 Å². The second kappa shape index (κ2) is 16.6. The first-order chi connectivity index (χ1) is 29.1. The van der Waals surface area contributed by atoms with Gasteiger partial charge in [-0.3, -0.25) is 19.1 Å². The van der Waals surface area contributed by atoms with Gasteiger partial charge in [-0.2, -0.15) is 13.2 Å². The molecule has 0 bridgehead atoms. The van der Waals surface area contributed by atoms with Crippen LogP contribution in [0.25, 0.3) is 21.6 Å². The van der Waals surface area contributed by atoms with Gasteiger partial charge in [-0.05, 0) is 73.8 Å². The molecule has 2 aromatic heterocycles. The smallest absolute Gasteiger partial charge is 0.416 e. The number of halogens is 3. The Labute approximate surface area is 363 Å². The highest BCUT2D eigenvalue weighted by atomic mass is 32.2. The molecular formula is C44H53F3N6O7S2. The molecule has 5 atom stereocenters. The molecule has 18 heteroatoms. The third kappa shape index (κ3) is 9.08. The molecule has 2 aromatic carbocycles. The first-order valence-electron chi connectivity index (χ1n) is 20.8. The van der Waals surface area contributed by atoms with Crippen molar-refractivity contribution in [1.82, 2.24) is 24.9 Å². The monoisotopic (exact) mass is 898 g/mol. The van der Waals surface area contributed by atoms with E-state index in [0.717, 1.165) is 23.4 Å². The van der Waals surface area contributed by atoms with Crippen LogP contribution in [0.5, 0.6) is 11.5 Å². The van der Waals surface area contributed by atoms with E-state index in [-0.39, 0.29) is 36.9 Å². The minimum Gasteiger partial charge on any atom is -0.496 e. The summed E-state index contributed by atoms with van der Waals surface area (Å²) >= 11 is 1.44. The highest BCUT2D eigenvalue weighted by molar-refractivity contribution is 7.91. The Balaban J connectivity index is 1.25. The normalized spacial score (nSPS) is 22.1. The van der Waals surface area contributed by atoms with E-state index >= 15 is 0 Å². The van der Waals surface area contributed by atoms with Crippen LogP contribution < -0.4 is 24.8 Å². The molecule has 0 radical (unpaired) electrons. The number of rotatable bonds is 14. The van der Waals surface area contributed by atoms with Crippen LogP contribution in [-0.4, -0.2) is 83.6 Å². The molecule has 1 unspecified atom stereocenters. The van der Waals surface area contributed by atoms with Crippen LogP contribution in [0.1, 0.15) is 96.4 Å². The molecule has 7 rings (SSSR count). The summed E-state index contributed by atoms with van der Waals surface area (Å²) in [6, 6.07) is 7.60. The zero-order chi connectivity index (χ0) is 45.1. The number of nitrogens with zero attached hydrogens (tertiary/aromatic N) is 3. The van der Waals surface area contributed by atoms with Crippen LogP contribution in [0, 0.1) is 18.3 Å². The summed E-state index contributed by atoms with van der Waals surface area (Å²) in [6.45, 7) is 13.0. The summed E-state index contributed by atoms with van der Waals surface area (Å²) in [7, 11) is -2.37. The molecule has 2 saturated carbocycles. The highest BCUT2D eigenvalue weighted by Gasteiger charge is 2.62. The standard InChI is InChI=1S/C44H53F3N6O7S2/c1-9-25-20-43(25,41(56)52-62(57,58)29-13-14-29)51-38(54)33-18-28(21-53(33)40(55)37(42(5,6)7)48-27-12-10-11-26(17-27)44(45,46)47)60-35-19-31(39-50-32(22-61-39)23(2)3)49-36-24(4)34(59-8)16-15-30(35)36/h10-12,15-17,19,22-23,25,28-29,33,37,48H,9,13-14,18,20-21H2,1-8H3,(H,51,54)(H,52,56)/t25-,28?,33+,37-,43-/m1/s1.